The molecule has 1 amide bonds. The summed E-state index contributed by atoms with van der Waals surface area (Å²) < 4.78 is 7.63. The van der Waals surface area contributed by atoms with Crippen LogP contribution in [-0.2, 0) is 37.3 Å². The molecule has 5 heterocycles. The van der Waals surface area contributed by atoms with Crippen molar-refractivity contribution in [3.63, 3.8) is 0 Å². The van der Waals surface area contributed by atoms with Crippen LogP contribution in [0, 0.1) is 0 Å². The number of carboxylic acid groups (broad SMARTS) is 1. The minimum Gasteiger partial charge on any atom is -0.477 e. The van der Waals surface area contributed by atoms with Gasteiger partial charge in [-0.3, -0.25) is 9.69 Å². The van der Waals surface area contributed by atoms with Crippen LogP contribution in [0.3, 0.4) is 0 Å². The number of amides is 1. The zero-order valence-electron chi connectivity index (χ0n) is 21.1. The molecular weight excluding hydrogens is 520 g/mol. The lowest BCUT2D eigenvalue weighted by molar-refractivity contribution is -0.0592. The molecule has 11 heteroatoms. The lowest BCUT2D eigenvalue weighted by atomic mass is 10.0. The highest BCUT2D eigenvalue weighted by atomic mass is 35.5. The second-order valence-corrected chi connectivity index (χ2v) is 10.3. The van der Waals surface area contributed by atoms with E-state index in [4.69, 9.17) is 26.3 Å². The predicted octanol–water partition coefficient (Wildman–Crippen LogP) is 3.46. The van der Waals surface area contributed by atoms with E-state index in [0.717, 1.165) is 48.6 Å². The van der Waals surface area contributed by atoms with Crippen LogP contribution in [-0.4, -0.2) is 60.7 Å². The van der Waals surface area contributed by atoms with Gasteiger partial charge in [-0.15, -0.1) is 0 Å². The van der Waals surface area contributed by atoms with E-state index in [2.05, 4.69) is 15.2 Å². The summed E-state index contributed by atoms with van der Waals surface area (Å²) in [6, 6.07) is 14.3. The van der Waals surface area contributed by atoms with Crippen LogP contribution in [0.4, 0.5) is 0 Å². The molecule has 1 fully saturated rings. The van der Waals surface area contributed by atoms with Gasteiger partial charge in [0.25, 0.3) is 5.91 Å². The average molecular weight is 547 g/mol. The summed E-state index contributed by atoms with van der Waals surface area (Å²) in [5.41, 5.74) is 4.53. The van der Waals surface area contributed by atoms with Gasteiger partial charge in [-0.05, 0) is 54.3 Å². The van der Waals surface area contributed by atoms with Gasteiger partial charge in [0.1, 0.15) is 17.0 Å². The Morgan fingerprint density at radius 3 is 2.59 bits per heavy atom. The number of hydrogen-bond donors (Lipinski definition) is 2. The summed E-state index contributed by atoms with van der Waals surface area (Å²) in [6.07, 6.45) is 1.82. The standard InChI is InChI=1S/C28H27ClN6O4/c29-19-4-1-17(2-5-19)13-30-27(36)22-6-3-18-9-11-34(15-24(18)31-22)16-25-32-21-7-8-23(28(37)38)33-26(21)35(25)14-20-10-12-39-20/h1-8,20H,9-16H2,(H,30,36)(H,37,38)/t20-/m0/s1. The van der Waals surface area contributed by atoms with Crippen molar-refractivity contribution < 1.29 is 19.4 Å². The second-order valence-electron chi connectivity index (χ2n) is 9.84. The molecule has 2 aliphatic rings. The normalized spacial score (nSPS) is 17.0. The maximum atomic E-state index is 12.8. The maximum absolute atomic E-state index is 12.8. The fraction of sp³-hybridized carbons (Fsp3) is 0.321. The van der Waals surface area contributed by atoms with E-state index in [1.807, 2.05) is 22.8 Å². The number of carbonyl (C=O) groups is 2. The topological polar surface area (TPSA) is 122 Å². The SMILES string of the molecule is O=C(O)c1ccc2nc(CN3CCc4ccc(C(=O)NCc5ccc(Cl)cc5)nc4C3)n(C[C@@H]3CCO3)c2n1. The van der Waals surface area contributed by atoms with Crippen molar-refractivity contribution in [3.05, 3.63) is 87.6 Å². The molecule has 200 valence electrons. The highest BCUT2D eigenvalue weighted by Crippen LogP contribution is 2.24. The Kier molecular flexibility index (Phi) is 6.99. The molecule has 0 spiro atoms. The third-order valence-electron chi connectivity index (χ3n) is 7.17. The van der Waals surface area contributed by atoms with Crippen molar-refractivity contribution in [2.24, 2.45) is 0 Å². The molecule has 0 bridgehead atoms. The van der Waals surface area contributed by atoms with Gasteiger partial charge in [0, 0.05) is 31.3 Å². The first-order chi connectivity index (χ1) is 18.9. The molecule has 4 aromatic rings. The van der Waals surface area contributed by atoms with Gasteiger partial charge >= 0.3 is 5.97 Å². The minimum atomic E-state index is -1.07. The number of ether oxygens (including phenoxy) is 1. The van der Waals surface area contributed by atoms with Crippen molar-refractivity contribution in [2.75, 3.05) is 13.2 Å². The third-order valence-corrected chi connectivity index (χ3v) is 7.43. The number of carbonyl (C=O) groups excluding carboxylic acids is 1. The predicted molar refractivity (Wildman–Crippen MR) is 144 cm³/mol. The summed E-state index contributed by atoms with van der Waals surface area (Å²) in [5.74, 6) is -0.499. The first-order valence-electron chi connectivity index (χ1n) is 12.9. The van der Waals surface area contributed by atoms with E-state index in [1.165, 1.54) is 6.07 Å². The molecule has 6 rings (SSSR count). The summed E-state index contributed by atoms with van der Waals surface area (Å²) >= 11 is 5.94. The maximum Gasteiger partial charge on any atom is 0.354 e. The number of aromatic nitrogens is 4. The molecule has 3 aromatic heterocycles. The molecule has 1 atom stereocenters. The fourth-order valence-electron chi connectivity index (χ4n) is 4.91. The number of hydrogen-bond acceptors (Lipinski definition) is 7. The van der Waals surface area contributed by atoms with E-state index >= 15 is 0 Å². The van der Waals surface area contributed by atoms with E-state index in [0.29, 0.717) is 48.1 Å². The summed E-state index contributed by atoms with van der Waals surface area (Å²) in [5, 5.41) is 13.0. The van der Waals surface area contributed by atoms with Crippen LogP contribution in [0.15, 0.2) is 48.5 Å². The van der Waals surface area contributed by atoms with Crippen molar-refractivity contribution >= 4 is 34.6 Å². The number of benzene rings is 1. The van der Waals surface area contributed by atoms with Crippen LogP contribution < -0.4 is 5.32 Å². The molecule has 39 heavy (non-hydrogen) atoms. The Labute approximate surface area is 229 Å². The van der Waals surface area contributed by atoms with Crippen LogP contribution in [0.25, 0.3) is 11.2 Å². The molecule has 2 aliphatic heterocycles. The van der Waals surface area contributed by atoms with Gasteiger partial charge in [0.05, 0.1) is 24.9 Å². The quantitative estimate of drug-likeness (QED) is 0.344. The van der Waals surface area contributed by atoms with Crippen LogP contribution >= 0.6 is 11.6 Å². The van der Waals surface area contributed by atoms with Gasteiger partial charge in [-0.2, -0.15) is 0 Å². The highest BCUT2D eigenvalue weighted by molar-refractivity contribution is 6.30. The summed E-state index contributed by atoms with van der Waals surface area (Å²) in [6.45, 7) is 3.62. The summed E-state index contributed by atoms with van der Waals surface area (Å²) in [4.78, 5) is 40.4. The molecule has 10 nitrogen and oxygen atoms in total. The molecule has 0 aliphatic carbocycles. The molecule has 0 radical (unpaired) electrons. The third kappa shape index (κ3) is 5.49. The molecule has 0 saturated carbocycles. The van der Waals surface area contributed by atoms with Crippen molar-refractivity contribution in [1.82, 2.24) is 29.7 Å². The summed E-state index contributed by atoms with van der Waals surface area (Å²) in [7, 11) is 0. The van der Waals surface area contributed by atoms with E-state index < -0.39 is 5.97 Å². The Morgan fingerprint density at radius 2 is 1.85 bits per heavy atom. The van der Waals surface area contributed by atoms with Crippen molar-refractivity contribution in [2.45, 2.75) is 45.1 Å². The van der Waals surface area contributed by atoms with E-state index in [9.17, 15) is 14.7 Å². The molecule has 1 saturated heterocycles. The Balaban J connectivity index is 1.19. The number of fused-ring (bicyclic) bond motifs is 2. The van der Waals surface area contributed by atoms with E-state index in [1.54, 1.807) is 24.3 Å². The first-order valence-corrected chi connectivity index (χ1v) is 13.3. The molecule has 0 unspecified atom stereocenters. The van der Waals surface area contributed by atoms with Crippen LogP contribution in [0.2, 0.25) is 5.02 Å². The number of nitrogens with one attached hydrogen (secondary N) is 1. The number of carboxylic acids is 1. The smallest absolute Gasteiger partial charge is 0.354 e. The Hall–Kier alpha value is -3.86. The van der Waals surface area contributed by atoms with Gasteiger partial charge in [-0.25, -0.2) is 19.7 Å². The van der Waals surface area contributed by atoms with Gasteiger partial charge in [-0.1, -0.05) is 29.8 Å². The number of imidazole rings is 1. The molecule has 1 aromatic carbocycles. The lowest BCUT2D eigenvalue weighted by Gasteiger charge is -2.30. The van der Waals surface area contributed by atoms with Gasteiger partial charge < -0.3 is 19.7 Å². The Bertz CT molecular complexity index is 1550. The minimum absolute atomic E-state index is 0.0114. The highest BCUT2D eigenvalue weighted by Gasteiger charge is 2.26. The fourth-order valence-corrected chi connectivity index (χ4v) is 5.04. The number of aromatic carboxylic acids is 1. The number of nitrogens with zero attached hydrogens (tertiary/aromatic N) is 5. The van der Waals surface area contributed by atoms with Crippen molar-refractivity contribution in [1.29, 1.82) is 0 Å². The van der Waals surface area contributed by atoms with Gasteiger partial charge in [0.15, 0.2) is 11.3 Å². The zero-order valence-corrected chi connectivity index (χ0v) is 21.9. The first kappa shape index (κ1) is 25.4. The van der Waals surface area contributed by atoms with Crippen LogP contribution in [0.5, 0.6) is 0 Å². The van der Waals surface area contributed by atoms with E-state index in [-0.39, 0.29) is 17.7 Å². The molecular formula is C28H27ClN6O4. The number of rotatable bonds is 8. The van der Waals surface area contributed by atoms with Gasteiger partial charge in [0.2, 0.25) is 0 Å². The van der Waals surface area contributed by atoms with Crippen LogP contribution in [0.1, 0.15) is 50.0 Å². The monoisotopic (exact) mass is 546 g/mol. The van der Waals surface area contributed by atoms with Crippen molar-refractivity contribution in [3.8, 4) is 0 Å². The Morgan fingerprint density at radius 1 is 1.05 bits per heavy atom. The zero-order chi connectivity index (χ0) is 26.9. The number of halogens is 1. The second kappa shape index (κ2) is 10.7. The molecule has 2 N–H and O–H groups in total. The lowest BCUT2D eigenvalue weighted by Crippen LogP contribution is -2.35. The average Bonchev–Trinajstić information content (AvgIpc) is 3.25. The largest absolute Gasteiger partial charge is 0.477 e. The number of pyridine rings is 2.